The Morgan fingerprint density at radius 2 is 1.89 bits per heavy atom. The van der Waals surface area contributed by atoms with E-state index >= 15 is 0 Å². The van der Waals surface area contributed by atoms with Gasteiger partial charge >= 0.3 is 0 Å². The van der Waals surface area contributed by atoms with Crippen molar-refractivity contribution in [2.45, 2.75) is 40.3 Å². The molecule has 0 amide bonds. The zero-order valence-corrected chi connectivity index (χ0v) is 13.2. The lowest BCUT2D eigenvalue weighted by Crippen LogP contribution is -2.25. The lowest BCUT2D eigenvalue weighted by molar-refractivity contribution is 0.494. The van der Waals surface area contributed by atoms with Crippen LogP contribution in [0.25, 0.3) is 0 Å². The van der Waals surface area contributed by atoms with Gasteiger partial charge in [-0.1, -0.05) is 45.4 Å². The van der Waals surface area contributed by atoms with Crippen molar-refractivity contribution >= 4 is 17.3 Å². The predicted octanol–water partition coefficient (Wildman–Crippen LogP) is 3.93. The molecule has 1 aromatic rings. The molecule has 1 aromatic carbocycles. The summed E-state index contributed by atoms with van der Waals surface area (Å²) in [5, 5.41) is 4.33. The van der Waals surface area contributed by atoms with E-state index in [4.69, 9.17) is 11.6 Å². The Balaban J connectivity index is 2.20. The molecular weight excluding hydrogens is 256 g/mol. The fourth-order valence-electron chi connectivity index (χ4n) is 2.62. The lowest BCUT2D eigenvalue weighted by atomic mass is 10.0. The zero-order chi connectivity index (χ0) is 14.0. The van der Waals surface area contributed by atoms with Crippen LogP contribution in [0.5, 0.6) is 0 Å². The van der Waals surface area contributed by atoms with Gasteiger partial charge in [0.15, 0.2) is 0 Å². The molecule has 1 heterocycles. The number of hydrogen-bond acceptors (Lipinski definition) is 2. The highest BCUT2D eigenvalue weighted by molar-refractivity contribution is 6.30. The summed E-state index contributed by atoms with van der Waals surface area (Å²) in [5.74, 6) is 1.51. The summed E-state index contributed by atoms with van der Waals surface area (Å²) in [6.07, 6.45) is 0. The van der Waals surface area contributed by atoms with E-state index in [9.17, 15) is 0 Å². The molecule has 2 atom stereocenters. The molecule has 1 N–H and O–H groups in total. The van der Waals surface area contributed by atoms with E-state index < -0.39 is 0 Å². The molecule has 0 bridgehead atoms. The van der Waals surface area contributed by atoms with Crippen LogP contribution < -0.4 is 10.2 Å². The van der Waals surface area contributed by atoms with E-state index in [1.165, 1.54) is 11.3 Å². The predicted molar refractivity (Wildman–Crippen MR) is 84.0 cm³/mol. The molecule has 0 aromatic heterocycles. The Bertz CT molecular complexity index is 421. The third-order valence-corrected chi connectivity index (χ3v) is 4.31. The van der Waals surface area contributed by atoms with Gasteiger partial charge in [-0.15, -0.1) is 0 Å². The minimum atomic E-state index is 0.500. The van der Waals surface area contributed by atoms with Crippen LogP contribution in [-0.4, -0.2) is 19.1 Å². The zero-order valence-electron chi connectivity index (χ0n) is 12.4. The van der Waals surface area contributed by atoms with Gasteiger partial charge in [0.1, 0.15) is 0 Å². The van der Waals surface area contributed by atoms with Gasteiger partial charge in [0.25, 0.3) is 0 Å². The van der Waals surface area contributed by atoms with Gasteiger partial charge in [0.2, 0.25) is 0 Å². The van der Waals surface area contributed by atoms with Gasteiger partial charge in [-0.2, -0.15) is 0 Å². The number of nitrogens with one attached hydrogen (secondary N) is 1. The summed E-state index contributed by atoms with van der Waals surface area (Å²) in [5.41, 5.74) is 2.65. The molecule has 2 nitrogen and oxygen atoms in total. The van der Waals surface area contributed by atoms with Crippen molar-refractivity contribution in [1.29, 1.82) is 0 Å². The summed E-state index contributed by atoms with van der Waals surface area (Å²) in [4.78, 5) is 2.48. The molecule has 19 heavy (non-hydrogen) atoms. The van der Waals surface area contributed by atoms with E-state index in [-0.39, 0.29) is 0 Å². The van der Waals surface area contributed by atoms with Gasteiger partial charge in [-0.05, 0) is 29.5 Å². The molecule has 0 aliphatic carbocycles. The highest BCUT2D eigenvalue weighted by atomic mass is 35.5. The fraction of sp³-hybridized carbons (Fsp3) is 0.625. The van der Waals surface area contributed by atoms with Crippen LogP contribution in [0.15, 0.2) is 18.2 Å². The maximum Gasteiger partial charge on any atom is 0.0426 e. The Morgan fingerprint density at radius 3 is 2.47 bits per heavy atom. The minimum Gasteiger partial charge on any atom is -0.371 e. The van der Waals surface area contributed by atoms with E-state index in [1.807, 2.05) is 6.07 Å². The first-order valence-corrected chi connectivity index (χ1v) is 7.62. The molecule has 1 saturated heterocycles. The molecule has 1 fully saturated rings. The van der Waals surface area contributed by atoms with Crippen LogP contribution in [-0.2, 0) is 6.54 Å². The third kappa shape index (κ3) is 3.64. The van der Waals surface area contributed by atoms with Crippen LogP contribution in [0.3, 0.4) is 0 Å². The van der Waals surface area contributed by atoms with E-state index in [0.29, 0.717) is 6.04 Å². The molecule has 0 saturated carbocycles. The van der Waals surface area contributed by atoms with Gasteiger partial charge in [0.05, 0.1) is 0 Å². The van der Waals surface area contributed by atoms with Crippen LogP contribution >= 0.6 is 11.6 Å². The van der Waals surface area contributed by atoms with Crippen molar-refractivity contribution in [1.82, 2.24) is 5.32 Å². The second kappa shape index (κ2) is 6.15. The van der Waals surface area contributed by atoms with E-state index in [0.717, 1.165) is 36.5 Å². The van der Waals surface area contributed by atoms with E-state index in [1.54, 1.807) is 0 Å². The van der Waals surface area contributed by atoms with Crippen molar-refractivity contribution in [3.05, 3.63) is 28.8 Å². The summed E-state index contributed by atoms with van der Waals surface area (Å²) in [6.45, 7) is 12.2. The monoisotopic (exact) mass is 280 g/mol. The first-order valence-electron chi connectivity index (χ1n) is 7.24. The second-order valence-electron chi connectivity index (χ2n) is 6.17. The van der Waals surface area contributed by atoms with Crippen LogP contribution in [0.1, 0.15) is 33.3 Å². The van der Waals surface area contributed by atoms with Gasteiger partial charge in [-0.3, -0.25) is 0 Å². The Morgan fingerprint density at radius 1 is 1.26 bits per heavy atom. The number of benzene rings is 1. The van der Waals surface area contributed by atoms with Crippen molar-refractivity contribution in [2.75, 3.05) is 18.0 Å². The van der Waals surface area contributed by atoms with Crippen LogP contribution in [0.2, 0.25) is 5.02 Å². The number of halogens is 1. The molecule has 3 heteroatoms. The Labute approximate surface area is 122 Å². The first-order chi connectivity index (χ1) is 8.97. The topological polar surface area (TPSA) is 15.3 Å². The van der Waals surface area contributed by atoms with Crippen LogP contribution in [0.4, 0.5) is 5.69 Å². The average Bonchev–Trinajstić information content (AvgIpc) is 2.68. The summed E-state index contributed by atoms with van der Waals surface area (Å²) in [6, 6.07) is 6.76. The molecule has 0 spiro atoms. The van der Waals surface area contributed by atoms with Gasteiger partial charge < -0.3 is 10.2 Å². The average molecular weight is 281 g/mol. The minimum absolute atomic E-state index is 0.500. The standard InChI is InChI=1S/C16H25ClN2/c1-11(2)18-8-14-5-6-15(17)7-16(14)19-9-12(3)13(4)10-19/h5-7,11-13,18H,8-10H2,1-4H3. The second-order valence-corrected chi connectivity index (χ2v) is 6.60. The lowest BCUT2D eigenvalue weighted by Gasteiger charge is -2.23. The molecule has 106 valence electrons. The van der Waals surface area contributed by atoms with Crippen molar-refractivity contribution in [3.8, 4) is 0 Å². The quantitative estimate of drug-likeness (QED) is 0.899. The number of rotatable bonds is 4. The summed E-state index contributed by atoms with van der Waals surface area (Å²) in [7, 11) is 0. The van der Waals surface area contributed by atoms with E-state index in [2.05, 4.69) is 50.0 Å². The summed E-state index contributed by atoms with van der Waals surface area (Å²) >= 11 is 6.18. The molecule has 2 unspecified atom stereocenters. The normalized spacial score (nSPS) is 23.4. The highest BCUT2D eigenvalue weighted by Gasteiger charge is 2.27. The van der Waals surface area contributed by atoms with Gasteiger partial charge in [0, 0.05) is 36.4 Å². The first kappa shape index (κ1) is 14.7. The van der Waals surface area contributed by atoms with Crippen LogP contribution in [0, 0.1) is 11.8 Å². The fourth-order valence-corrected chi connectivity index (χ4v) is 2.79. The number of hydrogen-bond donors (Lipinski definition) is 1. The largest absolute Gasteiger partial charge is 0.371 e. The number of anilines is 1. The highest BCUT2D eigenvalue weighted by Crippen LogP contribution is 2.32. The maximum absolute atomic E-state index is 6.18. The Hall–Kier alpha value is -0.730. The molecule has 0 radical (unpaired) electrons. The SMILES string of the molecule is CC(C)NCc1ccc(Cl)cc1N1CC(C)C(C)C1. The molecule has 1 aliphatic heterocycles. The smallest absolute Gasteiger partial charge is 0.0426 e. The van der Waals surface area contributed by atoms with Crippen molar-refractivity contribution in [2.24, 2.45) is 11.8 Å². The van der Waals surface area contributed by atoms with Crippen molar-refractivity contribution in [3.63, 3.8) is 0 Å². The third-order valence-electron chi connectivity index (χ3n) is 4.08. The molecular formula is C16H25ClN2. The Kier molecular flexibility index (Phi) is 4.75. The molecule has 1 aliphatic rings. The van der Waals surface area contributed by atoms with Gasteiger partial charge in [-0.25, -0.2) is 0 Å². The molecule has 2 rings (SSSR count). The summed E-state index contributed by atoms with van der Waals surface area (Å²) < 4.78 is 0. The maximum atomic E-state index is 6.18. The number of nitrogens with zero attached hydrogens (tertiary/aromatic N) is 1. The van der Waals surface area contributed by atoms with Crippen molar-refractivity contribution < 1.29 is 0 Å².